The van der Waals surface area contributed by atoms with Gasteiger partial charge in [0.2, 0.25) is 0 Å². The van der Waals surface area contributed by atoms with Crippen LogP contribution in [0.25, 0.3) is 0 Å². The Balaban J connectivity index is 0. The van der Waals surface area contributed by atoms with Crippen LogP contribution in [0.15, 0.2) is 18.2 Å². The molecule has 0 aliphatic carbocycles. The van der Waals surface area contributed by atoms with E-state index in [1.165, 1.54) is 12.1 Å². The van der Waals surface area contributed by atoms with Crippen LogP contribution in [0.2, 0.25) is 5.02 Å². The first-order chi connectivity index (χ1) is 7.32. The van der Waals surface area contributed by atoms with Crippen molar-refractivity contribution in [3.8, 4) is 0 Å². The molecule has 5 N–H and O–H groups in total. The molecule has 0 aromatic heterocycles. The fraction of sp³-hybridized carbons (Fsp3) is 0. The van der Waals surface area contributed by atoms with Gasteiger partial charge in [0, 0.05) is 5.02 Å². The number of aliphatic hydroxyl groups is 2. The van der Waals surface area contributed by atoms with Crippen LogP contribution in [0.5, 0.6) is 0 Å². The molecule has 0 saturated heterocycles. The van der Waals surface area contributed by atoms with Crippen molar-refractivity contribution < 1.29 is 14.6 Å². The molecule has 0 spiro atoms. The number of aliphatic hydroxyl groups excluding tert-OH is 2. The molecule has 90 valence electrons. The standard InChI is InChI=1S/C7H5ClFNOS.CH3NOS.Na.H/c8-4-1-2-6(5(9)3-4)10-7(11)12;2-1(3)4;;/h1-3H,(H2,10,11,12);(H3,2,3,4);;. The van der Waals surface area contributed by atoms with E-state index in [1.54, 1.807) is 0 Å². The first-order valence-electron chi connectivity index (χ1n) is 3.76. The van der Waals surface area contributed by atoms with Crippen LogP contribution in [-0.4, -0.2) is 50.1 Å². The van der Waals surface area contributed by atoms with Gasteiger partial charge in [-0.1, -0.05) is 11.6 Å². The number of hydrogen-bond donors (Lipinski definition) is 4. The predicted molar refractivity (Wildman–Crippen MR) is 76.8 cm³/mol. The monoisotopic (exact) mass is 306 g/mol. The van der Waals surface area contributed by atoms with Crippen LogP contribution >= 0.6 is 36.0 Å². The zero-order valence-electron chi connectivity index (χ0n) is 7.78. The molecule has 0 atom stereocenters. The van der Waals surface area contributed by atoms with E-state index in [2.05, 4.69) is 35.5 Å². The molecule has 0 aliphatic rings. The molecule has 4 nitrogen and oxygen atoms in total. The number of nitrogens with one attached hydrogen (secondary N) is 1. The van der Waals surface area contributed by atoms with Crippen LogP contribution in [0.3, 0.4) is 0 Å². The van der Waals surface area contributed by atoms with Gasteiger partial charge in [0.1, 0.15) is 5.82 Å². The molecule has 0 aliphatic heterocycles. The Labute approximate surface area is 135 Å². The molecule has 1 rings (SSSR count). The third kappa shape index (κ3) is 10.7. The van der Waals surface area contributed by atoms with Crippen molar-refractivity contribution in [1.82, 2.24) is 0 Å². The van der Waals surface area contributed by atoms with E-state index in [-0.39, 0.29) is 35.2 Å². The average Bonchev–Trinajstić information content (AvgIpc) is 2.08. The topological polar surface area (TPSA) is 78.5 Å². The Bertz CT molecular complexity index is 405. The third-order valence-corrected chi connectivity index (χ3v) is 1.51. The van der Waals surface area contributed by atoms with Gasteiger partial charge in [0.05, 0.1) is 5.69 Å². The summed E-state index contributed by atoms with van der Waals surface area (Å²) in [6.07, 6.45) is 0. The second-order valence-corrected chi connectivity index (χ2v) is 3.63. The summed E-state index contributed by atoms with van der Waals surface area (Å²) in [7, 11) is 0. The van der Waals surface area contributed by atoms with Crippen molar-refractivity contribution in [2.24, 2.45) is 5.73 Å². The molecule has 0 heterocycles. The molecule has 0 unspecified atom stereocenters. The molecule has 17 heavy (non-hydrogen) atoms. The van der Waals surface area contributed by atoms with Gasteiger partial charge in [-0.2, -0.15) is 0 Å². The van der Waals surface area contributed by atoms with Gasteiger partial charge in [0.25, 0.3) is 10.3 Å². The molecule has 1 aromatic carbocycles. The molecule has 0 fully saturated rings. The van der Waals surface area contributed by atoms with Crippen molar-refractivity contribution in [2.75, 3.05) is 5.32 Å². The molecule has 0 radical (unpaired) electrons. The Morgan fingerprint density at radius 1 is 1.35 bits per heavy atom. The van der Waals surface area contributed by atoms with Gasteiger partial charge in [-0.25, -0.2) is 4.39 Å². The van der Waals surface area contributed by atoms with Gasteiger partial charge in [-0.05, 0) is 42.6 Å². The van der Waals surface area contributed by atoms with Gasteiger partial charge in [-0.15, -0.1) is 0 Å². The number of nitrogens with two attached hydrogens (primary N) is 1. The second-order valence-electron chi connectivity index (χ2n) is 2.39. The Morgan fingerprint density at radius 2 is 1.82 bits per heavy atom. The van der Waals surface area contributed by atoms with Crippen LogP contribution in [0.1, 0.15) is 0 Å². The summed E-state index contributed by atoms with van der Waals surface area (Å²) in [5.74, 6) is -0.557. The molecule has 0 saturated carbocycles. The van der Waals surface area contributed by atoms with Crippen molar-refractivity contribution >= 4 is 81.6 Å². The third-order valence-electron chi connectivity index (χ3n) is 1.17. The Hall–Kier alpha value is -0.180. The van der Waals surface area contributed by atoms with E-state index in [0.29, 0.717) is 5.02 Å². The van der Waals surface area contributed by atoms with Gasteiger partial charge >= 0.3 is 29.6 Å². The summed E-state index contributed by atoms with van der Waals surface area (Å²) in [5, 5.41) is 17.8. The SMILES string of the molecule is NC(O)=S.OC(=S)Nc1ccc(Cl)cc1F.[NaH]. The van der Waals surface area contributed by atoms with Gasteiger partial charge < -0.3 is 21.3 Å². The molecular formula is C8H9ClFN2NaO2S2. The van der Waals surface area contributed by atoms with E-state index in [9.17, 15) is 4.39 Å². The Morgan fingerprint density at radius 3 is 2.18 bits per heavy atom. The maximum atomic E-state index is 12.9. The summed E-state index contributed by atoms with van der Waals surface area (Å²) in [4.78, 5) is 0. The number of halogens is 2. The van der Waals surface area contributed by atoms with Crippen molar-refractivity contribution in [3.63, 3.8) is 0 Å². The summed E-state index contributed by atoms with van der Waals surface area (Å²) >= 11 is 13.7. The van der Waals surface area contributed by atoms with Crippen molar-refractivity contribution in [2.45, 2.75) is 0 Å². The van der Waals surface area contributed by atoms with Gasteiger partial charge in [-0.3, -0.25) is 0 Å². The Kier molecular flexibility index (Phi) is 11.1. The van der Waals surface area contributed by atoms with Crippen LogP contribution in [0, 0.1) is 5.82 Å². The first kappa shape index (κ1) is 19.2. The number of anilines is 1. The minimum atomic E-state index is -0.557. The minimum absolute atomic E-state index is 0. The quantitative estimate of drug-likeness (QED) is 0.469. The predicted octanol–water partition coefficient (Wildman–Crippen LogP) is 1.87. The summed E-state index contributed by atoms with van der Waals surface area (Å²) < 4.78 is 12.9. The van der Waals surface area contributed by atoms with Crippen LogP contribution in [-0.2, 0) is 0 Å². The normalized spacial score (nSPS) is 8.12. The zero-order chi connectivity index (χ0) is 12.7. The number of benzene rings is 1. The average molecular weight is 307 g/mol. The zero-order valence-corrected chi connectivity index (χ0v) is 10.2. The van der Waals surface area contributed by atoms with Crippen LogP contribution in [0.4, 0.5) is 10.1 Å². The second kappa shape index (κ2) is 9.81. The van der Waals surface area contributed by atoms with Gasteiger partial charge in [0.15, 0.2) is 0 Å². The van der Waals surface area contributed by atoms with E-state index in [4.69, 9.17) is 21.8 Å². The summed E-state index contributed by atoms with van der Waals surface area (Å²) in [6, 6.07) is 4.01. The molecule has 9 heteroatoms. The van der Waals surface area contributed by atoms with Crippen LogP contribution < -0.4 is 11.1 Å². The van der Waals surface area contributed by atoms with E-state index < -0.39 is 16.2 Å². The number of rotatable bonds is 1. The fourth-order valence-electron chi connectivity index (χ4n) is 0.706. The number of hydrogen-bond acceptors (Lipinski definition) is 2. The molecular weight excluding hydrogens is 298 g/mol. The molecule has 0 amide bonds. The maximum absolute atomic E-state index is 12.9. The van der Waals surface area contributed by atoms with E-state index in [1.807, 2.05) is 0 Å². The summed E-state index contributed by atoms with van der Waals surface area (Å²) in [5.41, 5.74) is 4.50. The molecule has 1 aromatic rings. The van der Waals surface area contributed by atoms with Crippen molar-refractivity contribution in [3.05, 3.63) is 29.0 Å². The first-order valence-corrected chi connectivity index (χ1v) is 4.95. The summed E-state index contributed by atoms with van der Waals surface area (Å²) in [6.45, 7) is 0. The van der Waals surface area contributed by atoms with E-state index in [0.717, 1.165) is 6.07 Å². The number of thiocarbonyl (C=S) groups is 2. The molecule has 0 bridgehead atoms. The van der Waals surface area contributed by atoms with Crippen molar-refractivity contribution in [1.29, 1.82) is 0 Å². The van der Waals surface area contributed by atoms with E-state index >= 15 is 0 Å². The fourth-order valence-corrected chi connectivity index (χ4v) is 0.975.